The van der Waals surface area contributed by atoms with Gasteiger partial charge in [-0.1, -0.05) is 19.0 Å². The van der Waals surface area contributed by atoms with Crippen molar-refractivity contribution in [2.75, 3.05) is 25.1 Å². The first-order valence-corrected chi connectivity index (χ1v) is 8.10. The zero-order chi connectivity index (χ0) is 17.5. The lowest BCUT2D eigenvalue weighted by Crippen LogP contribution is -2.25. The third-order valence-electron chi connectivity index (χ3n) is 3.48. The molecule has 0 radical (unpaired) electrons. The third-order valence-corrected chi connectivity index (χ3v) is 3.48. The molecular weight excluding hydrogens is 308 g/mol. The van der Waals surface area contributed by atoms with E-state index in [0.29, 0.717) is 23.0 Å². The number of methoxy groups -OCH3 is 1. The highest BCUT2D eigenvalue weighted by atomic mass is 16.5. The van der Waals surface area contributed by atoms with Crippen LogP contribution in [0.5, 0.6) is 11.5 Å². The standard InChI is InChI=1S/C17H24N4O3/c1-5-7-21(8-6-2)14-11-15(22)13(10-16(14)23-4)18-19-17-9-12(3)24-20-17/h9-11,22H,5-8H2,1-4H3. The van der Waals surface area contributed by atoms with Crippen molar-refractivity contribution in [2.24, 2.45) is 10.2 Å². The summed E-state index contributed by atoms with van der Waals surface area (Å²) < 4.78 is 10.4. The van der Waals surface area contributed by atoms with Crippen LogP contribution in [-0.2, 0) is 0 Å². The molecular formula is C17H24N4O3. The van der Waals surface area contributed by atoms with Gasteiger partial charge in [-0.25, -0.2) is 0 Å². The number of hydrogen-bond donors (Lipinski definition) is 1. The van der Waals surface area contributed by atoms with Gasteiger partial charge in [-0.05, 0) is 19.8 Å². The average molecular weight is 332 g/mol. The molecule has 0 aliphatic carbocycles. The Morgan fingerprint density at radius 1 is 1.17 bits per heavy atom. The van der Waals surface area contributed by atoms with E-state index in [2.05, 4.69) is 34.1 Å². The van der Waals surface area contributed by atoms with Crippen LogP contribution in [0.15, 0.2) is 33.0 Å². The molecule has 0 bridgehead atoms. The number of benzene rings is 1. The number of anilines is 1. The van der Waals surface area contributed by atoms with Gasteiger partial charge in [-0.2, -0.15) is 0 Å². The highest BCUT2D eigenvalue weighted by Gasteiger charge is 2.15. The zero-order valence-corrected chi connectivity index (χ0v) is 14.6. The van der Waals surface area contributed by atoms with E-state index in [9.17, 15) is 5.11 Å². The first kappa shape index (κ1) is 17.8. The molecule has 7 heteroatoms. The van der Waals surface area contributed by atoms with Crippen LogP contribution in [0.3, 0.4) is 0 Å². The summed E-state index contributed by atoms with van der Waals surface area (Å²) in [5.74, 6) is 1.70. The summed E-state index contributed by atoms with van der Waals surface area (Å²) in [6.45, 7) is 7.80. The molecule has 7 nitrogen and oxygen atoms in total. The maximum absolute atomic E-state index is 10.3. The van der Waals surface area contributed by atoms with E-state index in [1.165, 1.54) is 0 Å². The number of azo groups is 1. The summed E-state index contributed by atoms with van der Waals surface area (Å²) in [5, 5.41) is 22.1. The van der Waals surface area contributed by atoms with Gasteiger partial charge in [0.1, 0.15) is 22.9 Å². The number of ether oxygens (including phenoxy) is 1. The monoisotopic (exact) mass is 332 g/mol. The van der Waals surface area contributed by atoms with Crippen LogP contribution in [0.4, 0.5) is 17.2 Å². The minimum absolute atomic E-state index is 0.0481. The van der Waals surface area contributed by atoms with E-state index in [1.807, 2.05) is 0 Å². The first-order chi connectivity index (χ1) is 11.6. The lowest BCUT2D eigenvalue weighted by Gasteiger charge is -2.26. The topological polar surface area (TPSA) is 83.5 Å². The number of phenolic OH excluding ortho intramolecular Hbond substituents is 1. The number of rotatable bonds is 8. The quantitative estimate of drug-likeness (QED) is 0.706. The highest BCUT2D eigenvalue weighted by Crippen LogP contribution is 2.40. The minimum Gasteiger partial charge on any atom is -0.506 e. The van der Waals surface area contributed by atoms with E-state index >= 15 is 0 Å². The van der Waals surface area contributed by atoms with Crippen LogP contribution in [0.1, 0.15) is 32.4 Å². The average Bonchev–Trinajstić information content (AvgIpc) is 2.98. The van der Waals surface area contributed by atoms with E-state index in [-0.39, 0.29) is 5.75 Å². The second kappa shape index (κ2) is 8.33. The first-order valence-electron chi connectivity index (χ1n) is 8.10. The van der Waals surface area contributed by atoms with Gasteiger partial charge in [0, 0.05) is 31.3 Å². The van der Waals surface area contributed by atoms with Gasteiger partial charge >= 0.3 is 0 Å². The molecule has 0 saturated heterocycles. The summed E-state index contributed by atoms with van der Waals surface area (Å²) in [6.07, 6.45) is 2.02. The number of aromatic nitrogens is 1. The summed E-state index contributed by atoms with van der Waals surface area (Å²) in [4.78, 5) is 2.19. The summed E-state index contributed by atoms with van der Waals surface area (Å²) in [7, 11) is 1.61. The van der Waals surface area contributed by atoms with Gasteiger partial charge in [0.25, 0.3) is 0 Å². The minimum atomic E-state index is 0.0481. The molecule has 0 aliphatic rings. The van der Waals surface area contributed by atoms with E-state index < -0.39 is 0 Å². The summed E-state index contributed by atoms with van der Waals surface area (Å²) in [6, 6.07) is 5.02. The highest BCUT2D eigenvalue weighted by molar-refractivity contribution is 5.69. The third kappa shape index (κ3) is 4.24. The van der Waals surface area contributed by atoms with Crippen molar-refractivity contribution < 1.29 is 14.4 Å². The van der Waals surface area contributed by atoms with E-state index in [1.54, 1.807) is 32.2 Å². The van der Waals surface area contributed by atoms with E-state index in [0.717, 1.165) is 31.6 Å². The van der Waals surface area contributed by atoms with Crippen molar-refractivity contribution in [3.05, 3.63) is 24.0 Å². The Kier molecular flexibility index (Phi) is 6.17. The van der Waals surface area contributed by atoms with Crippen molar-refractivity contribution in [3.8, 4) is 11.5 Å². The molecule has 1 aromatic carbocycles. The summed E-state index contributed by atoms with van der Waals surface area (Å²) >= 11 is 0. The number of nitrogens with zero attached hydrogens (tertiary/aromatic N) is 4. The molecule has 1 N–H and O–H groups in total. The fourth-order valence-corrected chi connectivity index (χ4v) is 2.44. The number of phenols is 1. The van der Waals surface area contributed by atoms with Crippen molar-refractivity contribution in [2.45, 2.75) is 33.6 Å². The fourth-order valence-electron chi connectivity index (χ4n) is 2.44. The van der Waals surface area contributed by atoms with Crippen molar-refractivity contribution in [3.63, 3.8) is 0 Å². The van der Waals surface area contributed by atoms with Crippen LogP contribution < -0.4 is 9.64 Å². The smallest absolute Gasteiger partial charge is 0.216 e. The Morgan fingerprint density at radius 2 is 1.88 bits per heavy atom. The molecule has 24 heavy (non-hydrogen) atoms. The predicted molar refractivity (Wildman–Crippen MR) is 92.9 cm³/mol. The number of aromatic hydroxyl groups is 1. The van der Waals surface area contributed by atoms with Crippen molar-refractivity contribution in [1.82, 2.24) is 5.16 Å². The summed E-state index contributed by atoms with van der Waals surface area (Å²) in [5.41, 5.74) is 1.18. The van der Waals surface area contributed by atoms with Gasteiger partial charge in [0.05, 0.1) is 12.8 Å². The predicted octanol–water partition coefficient (Wildman–Crippen LogP) is 4.74. The van der Waals surface area contributed by atoms with Gasteiger partial charge in [-0.3, -0.25) is 0 Å². The van der Waals surface area contributed by atoms with Crippen LogP contribution in [-0.4, -0.2) is 30.5 Å². The fraction of sp³-hybridized carbons (Fsp3) is 0.471. The molecule has 0 atom stereocenters. The molecule has 130 valence electrons. The normalized spacial score (nSPS) is 11.2. The second-order valence-electron chi connectivity index (χ2n) is 5.50. The van der Waals surface area contributed by atoms with Crippen LogP contribution in [0.25, 0.3) is 0 Å². The molecule has 0 aliphatic heterocycles. The Morgan fingerprint density at radius 3 is 2.42 bits per heavy atom. The molecule has 1 aromatic heterocycles. The molecule has 0 unspecified atom stereocenters. The Labute approximate surface area is 141 Å². The maximum atomic E-state index is 10.3. The lowest BCUT2D eigenvalue weighted by molar-refractivity contribution is 0.399. The van der Waals surface area contributed by atoms with Crippen molar-refractivity contribution in [1.29, 1.82) is 0 Å². The maximum Gasteiger partial charge on any atom is 0.216 e. The SMILES string of the molecule is CCCN(CCC)c1cc(O)c(N=Nc2cc(C)on2)cc1OC. The van der Waals surface area contributed by atoms with Crippen LogP contribution in [0.2, 0.25) is 0 Å². The number of aryl methyl sites for hydroxylation is 1. The van der Waals surface area contributed by atoms with Gasteiger partial charge in [-0.15, -0.1) is 10.2 Å². The molecule has 0 fully saturated rings. The van der Waals surface area contributed by atoms with Gasteiger partial charge in [0.2, 0.25) is 5.82 Å². The van der Waals surface area contributed by atoms with Crippen LogP contribution >= 0.6 is 0 Å². The van der Waals surface area contributed by atoms with E-state index in [4.69, 9.17) is 9.26 Å². The molecule has 2 rings (SSSR count). The molecule has 0 saturated carbocycles. The Bertz CT molecular complexity index is 691. The van der Waals surface area contributed by atoms with Gasteiger partial charge in [0.15, 0.2) is 0 Å². The molecule has 0 spiro atoms. The van der Waals surface area contributed by atoms with Gasteiger partial charge < -0.3 is 19.3 Å². The molecule has 0 amide bonds. The largest absolute Gasteiger partial charge is 0.506 e. The Hall–Kier alpha value is -2.57. The molecule has 2 aromatic rings. The zero-order valence-electron chi connectivity index (χ0n) is 14.6. The van der Waals surface area contributed by atoms with Crippen LogP contribution in [0, 0.1) is 6.92 Å². The van der Waals surface area contributed by atoms with Crippen molar-refractivity contribution >= 4 is 17.2 Å². The number of hydrogen-bond acceptors (Lipinski definition) is 7. The molecule has 1 heterocycles. The lowest BCUT2D eigenvalue weighted by atomic mass is 10.2. The second-order valence-corrected chi connectivity index (χ2v) is 5.50. The Balaban J connectivity index is 2.33.